The van der Waals surface area contributed by atoms with E-state index in [1.165, 1.54) is 38.8 Å². The van der Waals surface area contributed by atoms with Gasteiger partial charge in [-0.05, 0) is 43.7 Å². The number of likely N-dealkylation sites (tertiary alicyclic amines) is 1. The maximum absolute atomic E-state index is 6.09. The summed E-state index contributed by atoms with van der Waals surface area (Å²) in [6.45, 7) is 13.6. The Bertz CT molecular complexity index is 281. The lowest BCUT2D eigenvalue weighted by atomic mass is 9.84. The van der Waals surface area contributed by atoms with Crippen LogP contribution in [0.1, 0.15) is 59.8 Å². The quantitative estimate of drug-likeness (QED) is 0.768. The fourth-order valence-corrected chi connectivity index (χ4v) is 3.61. The molecule has 0 amide bonds. The molecule has 118 valence electrons. The Morgan fingerprint density at radius 3 is 2.50 bits per heavy atom. The molecule has 0 N–H and O–H groups in total. The second-order valence-corrected chi connectivity index (χ2v) is 7.99. The second kappa shape index (κ2) is 7.24. The third-order valence-electron chi connectivity index (χ3n) is 4.28. The molecule has 0 bridgehead atoms. The molecular weight excluding hydrogens is 250 g/mol. The van der Waals surface area contributed by atoms with E-state index in [1.807, 2.05) is 0 Å². The van der Waals surface area contributed by atoms with Crippen molar-refractivity contribution in [3.05, 3.63) is 0 Å². The van der Waals surface area contributed by atoms with Crippen molar-refractivity contribution >= 4 is 0 Å². The van der Waals surface area contributed by atoms with Gasteiger partial charge in [0.15, 0.2) is 6.29 Å². The Labute approximate surface area is 125 Å². The molecule has 0 unspecified atom stereocenters. The third kappa shape index (κ3) is 5.71. The van der Waals surface area contributed by atoms with Crippen LogP contribution >= 0.6 is 0 Å². The van der Waals surface area contributed by atoms with E-state index in [-0.39, 0.29) is 6.29 Å². The van der Waals surface area contributed by atoms with Gasteiger partial charge in [0.05, 0.1) is 12.7 Å². The van der Waals surface area contributed by atoms with Gasteiger partial charge in [-0.3, -0.25) is 0 Å². The molecule has 0 aliphatic carbocycles. The van der Waals surface area contributed by atoms with Gasteiger partial charge < -0.3 is 14.4 Å². The van der Waals surface area contributed by atoms with Crippen LogP contribution in [0.5, 0.6) is 0 Å². The lowest BCUT2D eigenvalue weighted by Gasteiger charge is -2.28. The van der Waals surface area contributed by atoms with Gasteiger partial charge in [0.2, 0.25) is 0 Å². The van der Waals surface area contributed by atoms with Crippen LogP contribution in [0.4, 0.5) is 0 Å². The third-order valence-corrected chi connectivity index (χ3v) is 4.28. The minimum atomic E-state index is 0.0298. The van der Waals surface area contributed by atoms with Crippen molar-refractivity contribution in [3.8, 4) is 0 Å². The number of rotatable bonds is 5. The van der Waals surface area contributed by atoms with Gasteiger partial charge in [0.25, 0.3) is 0 Å². The number of hydrogen-bond acceptors (Lipinski definition) is 3. The molecule has 0 spiro atoms. The first-order valence-electron chi connectivity index (χ1n) is 8.42. The van der Waals surface area contributed by atoms with Gasteiger partial charge in [-0.15, -0.1) is 0 Å². The highest BCUT2D eigenvalue weighted by Gasteiger charge is 2.29. The molecule has 0 aromatic carbocycles. The van der Waals surface area contributed by atoms with Crippen molar-refractivity contribution in [3.63, 3.8) is 0 Å². The maximum Gasteiger partial charge on any atom is 0.158 e. The number of nitrogens with zero attached hydrogens (tertiary/aromatic N) is 1. The molecule has 3 atom stereocenters. The molecule has 3 heteroatoms. The lowest BCUT2D eigenvalue weighted by molar-refractivity contribution is -0.0762. The van der Waals surface area contributed by atoms with Gasteiger partial charge >= 0.3 is 0 Å². The second-order valence-electron chi connectivity index (χ2n) is 7.99. The molecule has 0 radical (unpaired) electrons. The first-order chi connectivity index (χ1) is 9.42. The first kappa shape index (κ1) is 16.3. The summed E-state index contributed by atoms with van der Waals surface area (Å²) in [7, 11) is 0. The van der Waals surface area contributed by atoms with Crippen molar-refractivity contribution in [1.29, 1.82) is 0 Å². The molecular formula is C17H33NO2. The summed E-state index contributed by atoms with van der Waals surface area (Å²) >= 11 is 0. The van der Waals surface area contributed by atoms with Crippen molar-refractivity contribution in [2.75, 3.05) is 26.2 Å². The molecule has 2 saturated heterocycles. The molecule has 2 fully saturated rings. The Kier molecular flexibility index (Phi) is 5.88. The Morgan fingerprint density at radius 2 is 1.85 bits per heavy atom. The molecule has 2 heterocycles. The highest BCUT2D eigenvalue weighted by Crippen LogP contribution is 2.29. The summed E-state index contributed by atoms with van der Waals surface area (Å²) in [6, 6.07) is 0. The molecule has 0 aromatic rings. The van der Waals surface area contributed by atoms with Gasteiger partial charge in [-0.2, -0.15) is 0 Å². The summed E-state index contributed by atoms with van der Waals surface area (Å²) < 4.78 is 11.9. The van der Waals surface area contributed by atoms with Crippen molar-refractivity contribution in [2.24, 2.45) is 11.3 Å². The van der Waals surface area contributed by atoms with Crippen LogP contribution in [0.25, 0.3) is 0 Å². The molecule has 3 nitrogen and oxygen atoms in total. The first-order valence-corrected chi connectivity index (χ1v) is 8.42. The predicted octanol–water partition coefficient (Wildman–Crippen LogP) is 3.68. The van der Waals surface area contributed by atoms with E-state index in [0.717, 1.165) is 19.6 Å². The standard InChI is InChI=1S/C17H33NO2/c1-14(11-17(2,3)4)10-16-19-13-15(20-16)12-18-8-6-5-7-9-18/h14-16H,5-13H2,1-4H3/t14-,15-,16+/m1/s1. The van der Waals surface area contributed by atoms with Gasteiger partial charge in [-0.25, -0.2) is 0 Å². The Morgan fingerprint density at radius 1 is 1.15 bits per heavy atom. The number of piperidine rings is 1. The van der Waals surface area contributed by atoms with Crippen LogP contribution in [0.3, 0.4) is 0 Å². The average molecular weight is 283 g/mol. The van der Waals surface area contributed by atoms with Gasteiger partial charge in [0.1, 0.15) is 0 Å². The molecule has 0 aromatic heterocycles. The number of hydrogen-bond donors (Lipinski definition) is 0. The van der Waals surface area contributed by atoms with Gasteiger partial charge in [-0.1, -0.05) is 34.1 Å². The van der Waals surface area contributed by atoms with E-state index in [2.05, 4.69) is 32.6 Å². The Balaban J connectivity index is 1.66. The molecule has 0 saturated carbocycles. The zero-order chi connectivity index (χ0) is 14.6. The van der Waals surface area contributed by atoms with Crippen molar-refractivity contribution in [1.82, 2.24) is 4.90 Å². The molecule has 2 aliphatic heterocycles. The smallest absolute Gasteiger partial charge is 0.158 e. The molecule has 2 rings (SSSR count). The zero-order valence-electron chi connectivity index (χ0n) is 13.9. The highest BCUT2D eigenvalue weighted by molar-refractivity contribution is 4.75. The van der Waals surface area contributed by atoms with Crippen LogP contribution in [-0.4, -0.2) is 43.5 Å². The lowest BCUT2D eigenvalue weighted by Crippen LogP contribution is -2.37. The van der Waals surface area contributed by atoms with Crippen LogP contribution in [0.2, 0.25) is 0 Å². The average Bonchev–Trinajstić information content (AvgIpc) is 2.75. The summed E-state index contributed by atoms with van der Waals surface area (Å²) in [5.41, 5.74) is 0.394. The monoisotopic (exact) mass is 283 g/mol. The van der Waals surface area contributed by atoms with Crippen molar-refractivity contribution in [2.45, 2.75) is 72.2 Å². The molecule has 2 aliphatic rings. The summed E-state index contributed by atoms with van der Waals surface area (Å²) in [5, 5.41) is 0. The van der Waals surface area contributed by atoms with E-state index in [0.29, 0.717) is 17.4 Å². The predicted molar refractivity (Wildman–Crippen MR) is 82.8 cm³/mol. The van der Waals surface area contributed by atoms with Crippen LogP contribution in [0, 0.1) is 11.3 Å². The summed E-state index contributed by atoms with van der Waals surface area (Å²) in [4.78, 5) is 2.54. The van der Waals surface area contributed by atoms with Crippen LogP contribution in [-0.2, 0) is 9.47 Å². The fraction of sp³-hybridized carbons (Fsp3) is 1.00. The fourth-order valence-electron chi connectivity index (χ4n) is 3.61. The SMILES string of the molecule is C[C@H](C[C@H]1OC[C@@H](CN2CCCCC2)O1)CC(C)(C)C. The minimum absolute atomic E-state index is 0.0298. The van der Waals surface area contributed by atoms with E-state index in [9.17, 15) is 0 Å². The zero-order valence-corrected chi connectivity index (χ0v) is 13.9. The maximum atomic E-state index is 6.09. The van der Waals surface area contributed by atoms with Crippen molar-refractivity contribution < 1.29 is 9.47 Å². The van der Waals surface area contributed by atoms with E-state index in [1.54, 1.807) is 0 Å². The van der Waals surface area contributed by atoms with E-state index < -0.39 is 0 Å². The highest BCUT2D eigenvalue weighted by atomic mass is 16.7. The van der Waals surface area contributed by atoms with E-state index >= 15 is 0 Å². The van der Waals surface area contributed by atoms with Gasteiger partial charge in [0, 0.05) is 13.0 Å². The topological polar surface area (TPSA) is 21.7 Å². The van der Waals surface area contributed by atoms with Crippen LogP contribution < -0.4 is 0 Å². The Hall–Kier alpha value is -0.120. The minimum Gasteiger partial charge on any atom is -0.350 e. The summed E-state index contributed by atoms with van der Waals surface area (Å²) in [5.74, 6) is 0.661. The number of ether oxygens (including phenoxy) is 2. The normalized spacial score (nSPS) is 30.6. The largest absolute Gasteiger partial charge is 0.350 e. The summed E-state index contributed by atoms with van der Waals surface area (Å²) in [6.07, 6.45) is 6.67. The van der Waals surface area contributed by atoms with E-state index in [4.69, 9.17) is 9.47 Å². The molecule has 20 heavy (non-hydrogen) atoms. The van der Waals surface area contributed by atoms with Crippen LogP contribution in [0.15, 0.2) is 0 Å².